The zero-order chi connectivity index (χ0) is 9.26. The maximum atomic E-state index is 13.2. The van der Waals surface area contributed by atoms with Crippen LogP contribution in [0.1, 0.15) is 18.4 Å². The maximum absolute atomic E-state index is 13.2. The quantitative estimate of drug-likeness (QED) is 0.750. The summed E-state index contributed by atoms with van der Waals surface area (Å²) < 4.78 is 13.2. The van der Waals surface area contributed by atoms with Crippen LogP contribution in [0.3, 0.4) is 0 Å². The van der Waals surface area contributed by atoms with Gasteiger partial charge in [-0.15, -0.1) is 0 Å². The molecule has 1 saturated carbocycles. The smallest absolute Gasteiger partial charge is 0.147 e. The number of nitriles is 1. The van der Waals surface area contributed by atoms with Crippen LogP contribution in [0.25, 0.3) is 0 Å². The van der Waals surface area contributed by atoms with Gasteiger partial charge >= 0.3 is 0 Å². The van der Waals surface area contributed by atoms with Crippen molar-refractivity contribution in [2.45, 2.75) is 18.9 Å². The average molecular weight is 176 g/mol. The molecule has 1 aromatic carbocycles. The van der Waals surface area contributed by atoms with Crippen molar-refractivity contribution in [3.05, 3.63) is 29.6 Å². The van der Waals surface area contributed by atoms with Crippen molar-refractivity contribution in [3.8, 4) is 6.07 Å². The number of hydrogen-bond acceptors (Lipinski definition) is 2. The lowest BCUT2D eigenvalue weighted by atomic mass is 10.2. The molecule has 3 heteroatoms. The largest absolute Gasteiger partial charge is 0.379 e. The highest BCUT2D eigenvalue weighted by atomic mass is 19.1. The molecule has 2 rings (SSSR count). The zero-order valence-electron chi connectivity index (χ0n) is 7.05. The molecule has 0 radical (unpaired) electrons. The molecule has 0 spiro atoms. The van der Waals surface area contributed by atoms with Crippen molar-refractivity contribution in [3.63, 3.8) is 0 Å². The summed E-state index contributed by atoms with van der Waals surface area (Å²) in [7, 11) is 0. The molecule has 1 fully saturated rings. The first kappa shape index (κ1) is 8.06. The molecule has 1 N–H and O–H groups in total. The Morgan fingerprint density at radius 3 is 2.85 bits per heavy atom. The summed E-state index contributed by atoms with van der Waals surface area (Å²) in [5.74, 6) is -0.342. The van der Waals surface area contributed by atoms with Gasteiger partial charge in [0.05, 0.1) is 11.3 Å². The van der Waals surface area contributed by atoms with Crippen molar-refractivity contribution in [2.75, 3.05) is 5.32 Å². The molecule has 0 atom stereocenters. The lowest BCUT2D eigenvalue weighted by molar-refractivity contribution is 0.629. The van der Waals surface area contributed by atoms with Gasteiger partial charge in [-0.2, -0.15) is 5.26 Å². The summed E-state index contributed by atoms with van der Waals surface area (Å²) >= 11 is 0. The van der Waals surface area contributed by atoms with Gasteiger partial charge in [-0.25, -0.2) is 4.39 Å². The summed E-state index contributed by atoms with van der Waals surface area (Å²) in [6, 6.07) is 6.86. The monoisotopic (exact) mass is 176 g/mol. The zero-order valence-corrected chi connectivity index (χ0v) is 7.05. The van der Waals surface area contributed by atoms with Gasteiger partial charge in [-0.05, 0) is 25.0 Å². The van der Waals surface area contributed by atoms with Gasteiger partial charge in [-0.1, -0.05) is 6.07 Å². The predicted molar refractivity (Wildman–Crippen MR) is 47.8 cm³/mol. The molecular weight excluding hydrogens is 167 g/mol. The number of benzene rings is 1. The fourth-order valence-corrected chi connectivity index (χ4v) is 1.20. The van der Waals surface area contributed by atoms with Crippen molar-refractivity contribution in [1.29, 1.82) is 5.26 Å². The van der Waals surface area contributed by atoms with Gasteiger partial charge in [-0.3, -0.25) is 0 Å². The van der Waals surface area contributed by atoms with Crippen molar-refractivity contribution < 1.29 is 4.39 Å². The highest BCUT2D eigenvalue weighted by Crippen LogP contribution is 2.28. The minimum atomic E-state index is -0.342. The lowest BCUT2D eigenvalue weighted by Crippen LogP contribution is -2.04. The number of anilines is 1. The van der Waals surface area contributed by atoms with Crippen molar-refractivity contribution in [1.82, 2.24) is 0 Å². The van der Waals surface area contributed by atoms with Crippen LogP contribution in [0.4, 0.5) is 10.1 Å². The molecule has 1 aromatic rings. The molecule has 0 unspecified atom stereocenters. The molecule has 0 bridgehead atoms. The number of rotatable bonds is 2. The lowest BCUT2D eigenvalue weighted by Gasteiger charge is -2.06. The minimum absolute atomic E-state index is 0.342. The first-order chi connectivity index (χ1) is 6.31. The minimum Gasteiger partial charge on any atom is -0.379 e. The molecular formula is C10H9FN2. The van der Waals surface area contributed by atoms with Gasteiger partial charge in [0.1, 0.15) is 11.9 Å². The standard InChI is InChI=1S/C10H9FN2/c11-9-3-1-2-7(6-12)10(9)13-8-4-5-8/h1-3,8,13H,4-5H2. The second kappa shape index (κ2) is 3.06. The number of hydrogen-bond donors (Lipinski definition) is 1. The Morgan fingerprint density at radius 2 is 2.23 bits per heavy atom. The molecule has 2 nitrogen and oxygen atoms in total. The third-order valence-corrected chi connectivity index (χ3v) is 2.06. The summed E-state index contributed by atoms with van der Waals surface area (Å²) in [5, 5.41) is 11.7. The van der Waals surface area contributed by atoms with Crippen LogP contribution in [0, 0.1) is 17.1 Å². The number of nitrogens with one attached hydrogen (secondary N) is 1. The molecule has 0 aromatic heterocycles. The van der Waals surface area contributed by atoms with Gasteiger partial charge in [0, 0.05) is 6.04 Å². The summed E-state index contributed by atoms with van der Waals surface area (Å²) in [6.07, 6.45) is 2.14. The van der Waals surface area contributed by atoms with Crippen LogP contribution in [0.5, 0.6) is 0 Å². The second-order valence-corrected chi connectivity index (χ2v) is 3.19. The Labute approximate surface area is 76.0 Å². The number of nitrogens with zero attached hydrogens (tertiary/aromatic N) is 1. The van der Waals surface area contributed by atoms with Crippen LogP contribution in [0.15, 0.2) is 18.2 Å². The number of halogens is 1. The van der Waals surface area contributed by atoms with Gasteiger partial charge in [0.15, 0.2) is 0 Å². The first-order valence-corrected chi connectivity index (χ1v) is 4.26. The normalized spacial score (nSPS) is 15.1. The molecule has 1 aliphatic rings. The van der Waals surface area contributed by atoms with Crippen LogP contribution in [0.2, 0.25) is 0 Å². The Hall–Kier alpha value is -1.56. The second-order valence-electron chi connectivity index (χ2n) is 3.19. The molecule has 0 amide bonds. The van der Waals surface area contributed by atoms with Crippen LogP contribution in [-0.4, -0.2) is 6.04 Å². The summed E-state index contributed by atoms with van der Waals surface area (Å²) in [6.45, 7) is 0. The molecule has 13 heavy (non-hydrogen) atoms. The fourth-order valence-electron chi connectivity index (χ4n) is 1.20. The molecule has 1 aliphatic carbocycles. The van der Waals surface area contributed by atoms with E-state index in [1.165, 1.54) is 6.07 Å². The predicted octanol–water partition coefficient (Wildman–Crippen LogP) is 2.27. The number of para-hydroxylation sites is 1. The van der Waals surface area contributed by atoms with Crippen molar-refractivity contribution in [2.24, 2.45) is 0 Å². The van der Waals surface area contributed by atoms with Crippen LogP contribution >= 0.6 is 0 Å². The SMILES string of the molecule is N#Cc1cccc(F)c1NC1CC1. The topological polar surface area (TPSA) is 35.8 Å². The van der Waals surface area contributed by atoms with E-state index in [-0.39, 0.29) is 5.82 Å². The van der Waals surface area contributed by atoms with Crippen molar-refractivity contribution >= 4 is 5.69 Å². The van der Waals surface area contributed by atoms with Crippen LogP contribution < -0.4 is 5.32 Å². The average Bonchev–Trinajstić information content (AvgIpc) is 2.92. The first-order valence-electron chi connectivity index (χ1n) is 4.26. The molecule has 66 valence electrons. The van der Waals surface area contributed by atoms with E-state index in [2.05, 4.69) is 5.32 Å². The molecule has 0 heterocycles. The molecule has 0 aliphatic heterocycles. The Morgan fingerprint density at radius 1 is 1.46 bits per heavy atom. The van der Waals surface area contributed by atoms with Gasteiger partial charge in [0.2, 0.25) is 0 Å². The van der Waals surface area contributed by atoms with E-state index in [1.807, 2.05) is 6.07 Å². The summed E-state index contributed by atoms with van der Waals surface area (Å²) in [5.41, 5.74) is 0.736. The fraction of sp³-hybridized carbons (Fsp3) is 0.300. The van der Waals surface area contributed by atoms with E-state index in [0.29, 0.717) is 17.3 Å². The third kappa shape index (κ3) is 1.62. The van der Waals surface area contributed by atoms with E-state index in [0.717, 1.165) is 12.8 Å². The Kier molecular flexibility index (Phi) is 1.90. The van der Waals surface area contributed by atoms with E-state index < -0.39 is 0 Å². The Balaban J connectivity index is 2.34. The van der Waals surface area contributed by atoms with E-state index in [1.54, 1.807) is 12.1 Å². The molecule has 0 saturated heterocycles. The van der Waals surface area contributed by atoms with E-state index in [4.69, 9.17) is 5.26 Å². The maximum Gasteiger partial charge on any atom is 0.147 e. The van der Waals surface area contributed by atoms with Crippen LogP contribution in [-0.2, 0) is 0 Å². The van der Waals surface area contributed by atoms with Gasteiger partial charge < -0.3 is 5.32 Å². The van der Waals surface area contributed by atoms with E-state index >= 15 is 0 Å². The Bertz CT molecular complexity index is 364. The summed E-state index contributed by atoms with van der Waals surface area (Å²) in [4.78, 5) is 0. The van der Waals surface area contributed by atoms with E-state index in [9.17, 15) is 4.39 Å². The highest BCUT2D eigenvalue weighted by molar-refractivity contribution is 5.59. The highest BCUT2D eigenvalue weighted by Gasteiger charge is 2.23. The van der Waals surface area contributed by atoms with Gasteiger partial charge in [0.25, 0.3) is 0 Å². The third-order valence-electron chi connectivity index (χ3n) is 2.06.